The number of aromatic nitrogens is 1. The molecule has 0 aliphatic carbocycles. The largest absolute Gasteiger partial charge is 0.486 e. The van der Waals surface area contributed by atoms with E-state index in [0.29, 0.717) is 41.2 Å². The second-order valence-corrected chi connectivity index (χ2v) is 6.54. The van der Waals surface area contributed by atoms with E-state index < -0.39 is 17.7 Å². The highest BCUT2D eigenvalue weighted by Gasteiger charge is 2.31. The lowest BCUT2D eigenvalue weighted by Gasteiger charge is -2.20. The van der Waals surface area contributed by atoms with Crippen LogP contribution < -0.4 is 9.47 Å². The van der Waals surface area contributed by atoms with E-state index >= 15 is 0 Å². The van der Waals surface area contributed by atoms with Crippen molar-refractivity contribution < 1.29 is 32.2 Å². The molecule has 0 amide bonds. The zero-order chi connectivity index (χ0) is 20.8. The van der Waals surface area contributed by atoms with Crippen molar-refractivity contribution in [2.45, 2.75) is 13.1 Å². The first-order chi connectivity index (χ1) is 13.8. The molecule has 150 valence electrons. The van der Waals surface area contributed by atoms with Crippen LogP contribution in [-0.4, -0.2) is 31.3 Å². The van der Waals surface area contributed by atoms with Gasteiger partial charge in [0.2, 0.25) is 0 Å². The second kappa shape index (κ2) is 6.95. The van der Waals surface area contributed by atoms with Crippen molar-refractivity contribution in [2.24, 2.45) is 0 Å². The van der Waals surface area contributed by atoms with Gasteiger partial charge in [0.1, 0.15) is 13.2 Å². The molecule has 4 rings (SSSR count). The number of halogens is 3. The maximum Gasteiger partial charge on any atom is 0.416 e. The van der Waals surface area contributed by atoms with E-state index in [1.54, 1.807) is 19.1 Å². The topological polar surface area (TPSA) is 57.7 Å². The molecule has 5 nitrogen and oxygen atoms in total. The Bertz CT molecular complexity index is 1130. The first kappa shape index (κ1) is 19.0. The van der Waals surface area contributed by atoms with E-state index in [0.717, 1.165) is 12.1 Å². The number of carbonyl (C=O) groups excluding carboxylic acids is 1. The van der Waals surface area contributed by atoms with Crippen molar-refractivity contribution in [3.8, 4) is 22.8 Å². The summed E-state index contributed by atoms with van der Waals surface area (Å²) in [5.74, 6) is 0.327. The summed E-state index contributed by atoms with van der Waals surface area (Å²) in [6.45, 7) is 2.38. The highest BCUT2D eigenvalue weighted by molar-refractivity contribution is 6.07. The number of alkyl halides is 3. The molecule has 8 heteroatoms. The van der Waals surface area contributed by atoms with E-state index in [-0.39, 0.29) is 16.8 Å². The molecule has 2 aromatic carbocycles. The van der Waals surface area contributed by atoms with Crippen LogP contribution in [0.5, 0.6) is 11.5 Å². The number of carbonyl (C=O) groups is 1. The number of pyridine rings is 1. The average molecular weight is 403 g/mol. The van der Waals surface area contributed by atoms with Crippen LogP contribution in [0.3, 0.4) is 0 Å². The molecule has 0 unspecified atom stereocenters. The zero-order valence-electron chi connectivity index (χ0n) is 15.6. The number of hydrogen-bond donors (Lipinski definition) is 0. The van der Waals surface area contributed by atoms with Crippen LogP contribution in [0.25, 0.3) is 22.2 Å². The quantitative estimate of drug-likeness (QED) is 0.576. The zero-order valence-corrected chi connectivity index (χ0v) is 15.6. The number of hydrogen-bond acceptors (Lipinski definition) is 5. The molecule has 3 aromatic rings. The van der Waals surface area contributed by atoms with Crippen molar-refractivity contribution in [2.75, 3.05) is 20.3 Å². The van der Waals surface area contributed by atoms with Crippen LogP contribution in [0, 0.1) is 6.92 Å². The summed E-state index contributed by atoms with van der Waals surface area (Å²) in [4.78, 5) is 17.1. The summed E-state index contributed by atoms with van der Waals surface area (Å²) < 4.78 is 55.6. The second-order valence-electron chi connectivity index (χ2n) is 6.54. The van der Waals surface area contributed by atoms with Gasteiger partial charge in [-0.25, -0.2) is 9.78 Å². The molecule has 2 heterocycles. The minimum absolute atomic E-state index is 0.224. The van der Waals surface area contributed by atoms with Gasteiger partial charge in [-0.1, -0.05) is 12.1 Å². The lowest BCUT2D eigenvalue weighted by atomic mass is 9.96. The summed E-state index contributed by atoms with van der Waals surface area (Å²) in [6, 6.07) is 8.10. The Hall–Kier alpha value is -3.29. The summed E-state index contributed by atoms with van der Waals surface area (Å²) >= 11 is 0. The number of nitrogens with zero attached hydrogens (tertiary/aromatic N) is 1. The lowest BCUT2D eigenvalue weighted by Crippen LogP contribution is -2.16. The predicted molar refractivity (Wildman–Crippen MR) is 99.2 cm³/mol. The van der Waals surface area contributed by atoms with Gasteiger partial charge < -0.3 is 14.2 Å². The first-order valence-electron chi connectivity index (χ1n) is 8.79. The van der Waals surface area contributed by atoms with Gasteiger partial charge in [0.15, 0.2) is 11.5 Å². The molecule has 0 fully saturated rings. The van der Waals surface area contributed by atoms with Crippen molar-refractivity contribution in [3.63, 3.8) is 0 Å². The molecule has 0 atom stereocenters. The monoisotopic (exact) mass is 403 g/mol. The van der Waals surface area contributed by atoms with Crippen LogP contribution in [0.4, 0.5) is 13.2 Å². The fourth-order valence-electron chi connectivity index (χ4n) is 3.38. The molecule has 0 spiro atoms. The van der Waals surface area contributed by atoms with Gasteiger partial charge in [0.05, 0.1) is 29.4 Å². The maximum absolute atomic E-state index is 13.2. The Balaban J connectivity index is 2.00. The molecule has 29 heavy (non-hydrogen) atoms. The maximum atomic E-state index is 13.2. The van der Waals surface area contributed by atoms with Crippen molar-refractivity contribution in [3.05, 3.63) is 53.1 Å². The van der Waals surface area contributed by atoms with Crippen molar-refractivity contribution in [1.29, 1.82) is 0 Å². The van der Waals surface area contributed by atoms with E-state index in [2.05, 4.69) is 4.98 Å². The number of esters is 1. The van der Waals surface area contributed by atoms with E-state index in [1.807, 2.05) is 0 Å². The SMILES string of the molecule is COC(=O)c1c(C)c(-c2cccc(C(F)(F)F)c2)nc2cc3c(cc12)OCCO3. The van der Waals surface area contributed by atoms with Gasteiger partial charge in [-0.05, 0) is 30.7 Å². The van der Waals surface area contributed by atoms with Gasteiger partial charge in [-0.15, -0.1) is 0 Å². The van der Waals surface area contributed by atoms with Gasteiger partial charge in [-0.3, -0.25) is 0 Å². The molecule has 0 radical (unpaired) electrons. The Morgan fingerprint density at radius 1 is 1.10 bits per heavy atom. The number of rotatable bonds is 2. The number of ether oxygens (including phenoxy) is 3. The molecule has 0 bridgehead atoms. The van der Waals surface area contributed by atoms with Gasteiger partial charge >= 0.3 is 12.1 Å². The molecule has 1 aliphatic rings. The van der Waals surface area contributed by atoms with Crippen LogP contribution in [0.1, 0.15) is 21.5 Å². The molecule has 1 aliphatic heterocycles. The van der Waals surface area contributed by atoms with Gasteiger partial charge in [0.25, 0.3) is 0 Å². The smallest absolute Gasteiger partial charge is 0.416 e. The Labute approximate surface area is 164 Å². The number of methoxy groups -OCH3 is 1. The summed E-state index contributed by atoms with van der Waals surface area (Å²) in [6.07, 6.45) is -4.49. The van der Waals surface area contributed by atoms with Crippen LogP contribution in [0.2, 0.25) is 0 Å². The van der Waals surface area contributed by atoms with Gasteiger partial charge in [0, 0.05) is 17.0 Å². The molecule has 0 saturated carbocycles. The fraction of sp³-hybridized carbons (Fsp3) is 0.238. The van der Waals surface area contributed by atoms with E-state index in [4.69, 9.17) is 14.2 Å². The molecule has 0 N–H and O–H groups in total. The summed E-state index contributed by atoms with van der Waals surface area (Å²) in [7, 11) is 1.25. The van der Waals surface area contributed by atoms with Crippen LogP contribution in [0.15, 0.2) is 36.4 Å². The predicted octanol–water partition coefficient (Wildman–Crippen LogP) is 4.79. The van der Waals surface area contributed by atoms with Crippen molar-refractivity contribution >= 4 is 16.9 Å². The number of fused-ring (bicyclic) bond motifs is 2. The fourth-order valence-corrected chi connectivity index (χ4v) is 3.38. The molecular formula is C21H16F3NO4. The van der Waals surface area contributed by atoms with E-state index in [9.17, 15) is 18.0 Å². The Morgan fingerprint density at radius 2 is 1.79 bits per heavy atom. The number of benzene rings is 2. The Morgan fingerprint density at radius 3 is 2.45 bits per heavy atom. The standard InChI is InChI=1S/C21H16F3NO4/c1-11-18(20(26)27-2)14-9-16-17(29-7-6-28-16)10-15(14)25-19(11)12-4-3-5-13(8-12)21(22,23)24/h3-5,8-10H,6-7H2,1-2H3. The third-order valence-electron chi connectivity index (χ3n) is 4.75. The lowest BCUT2D eigenvalue weighted by molar-refractivity contribution is -0.137. The molecular weight excluding hydrogens is 387 g/mol. The first-order valence-corrected chi connectivity index (χ1v) is 8.79. The highest BCUT2D eigenvalue weighted by Crippen LogP contribution is 2.39. The summed E-state index contributed by atoms with van der Waals surface area (Å²) in [5.41, 5.74) is 0.757. The molecule has 1 aromatic heterocycles. The highest BCUT2D eigenvalue weighted by atomic mass is 19.4. The minimum atomic E-state index is -4.49. The minimum Gasteiger partial charge on any atom is -0.486 e. The van der Waals surface area contributed by atoms with Gasteiger partial charge in [-0.2, -0.15) is 13.2 Å². The van der Waals surface area contributed by atoms with E-state index in [1.165, 1.54) is 19.2 Å². The third kappa shape index (κ3) is 3.35. The van der Waals surface area contributed by atoms with Crippen LogP contribution >= 0.6 is 0 Å². The molecule has 0 saturated heterocycles. The average Bonchev–Trinajstić information content (AvgIpc) is 2.71. The Kier molecular flexibility index (Phi) is 4.56. The van der Waals surface area contributed by atoms with Crippen molar-refractivity contribution in [1.82, 2.24) is 4.98 Å². The normalized spacial score (nSPS) is 13.4. The van der Waals surface area contributed by atoms with Crippen LogP contribution in [-0.2, 0) is 10.9 Å². The third-order valence-corrected chi connectivity index (χ3v) is 4.75. The summed E-state index contributed by atoms with van der Waals surface area (Å²) in [5, 5.41) is 0.481.